The minimum Gasteiger partial charge on any atom is -0.384 e. The average molecular weight is 567 g/mol. The summed E-state index contributed by atoms with van der Waals surface area (Å²) in [7, 11) is 0. The summed E-state index contributed by atoms with van der Waals surface area (Å²) in [6.07, 6.45) is 24.8. The summed E-state index contributed by atoms with van der Waals surface area (Å²) in [5.74, 6) is 0.281. The molecule has 6 aliphatic rings. The molecule has 6 nitrogen and oxygen atoms in total. The fraction of sp³-hybridized carbons (Fsp3) is 0.556. The number of allylic oxidation sites excluding steroid dienone is 3. The van der Waals surface area contributed by atoms with Crippen LogP contribution in [0.2, 0.25) is 0 Å². The number of para-hydroxylation sites is 1. The summed E-state index contributed by atoms with van der Waals surface area (Å²) in [5, 5.41) is 29.5. The minimum absolute atomic E-state index is 0.0740. The topological polar surface area (TPSA) is 66.0 Å². The molecule has 2 fully saturated rings. The lowest BCUT2D eigenvalue weighted by Crippen LogP contribution is -2.66. The van der Waals surface area contributed by atoms with Gasteiger partial charge in [-0.15, -0.1) is 0 Å². The van der Waals surface area contributed by atoms with Gasteiger partial charge in [-0.25, -0.2) is 0 Å². The van der Waals surface area contributed by atoms with Crippen molar-refractivity contribution in [3.8, 4) is 0 Å². The van der Waals surface area contributed by atoms with E-state index >= 15 is 0 Å². The zero-order valence-electron chi connectivity index (χ0n) is 24.8. The van der Waals surface area contributed by atoms with Crippen LogP contribution in [0.4, 0.5) is 0 Å². The second-order valence-electron chi connectivity index (χ2n) is 13.9. The van der Waals surface area contributed by atoms with Crippen molar-refractivity contribution in [1.29, 1.82) is 0 Å². The Balaban J connectivity index is 1.37. The van der Waals surface area contributed by atoms with Crippen molar-refractivity contribution in [2.24, 2.45) is 11.3 Å². The van der Waals surface area contributed by atoms with Crippen LogP contribution in [0.15, 0.2) is 60.2 Å². The number of rotatable bonds is 1. The van der Waals surface area contributed by atoms with Gasteiger partial charge in [0.25, 0.3) is 0 Å². The molecule has 6 heteroatoms. The van der Waals surface area contributed by atoms with E-state index in [1.165, 1.54) is 41.4 Å². The molecule has 5 aliphatic heterocycles. The fourth-order valence-electron chi connectivity index (χ4n) is 9.85. The summed E-state index contributed by atoms with van der Waals surface area (Å²) < 4.78 is 0. The number of hydrogen-bond donors (Lipinski definition) is 3. The van der Waals surface area contributed by atoms with Crippen molar-refractivity contribution in [2.45, 2.75) is 81.9 Å². The first-order chi connectivity index (χ1) is 20.6. The summed E-state index contributed by atoms with van der Waals surface area (Å²) >= 11 is 0. The van der Waals surface area contributed by atoms with E-state index in [4.69, 9.17) is 0 Å². The number of benzene rings is 1. The van der Waals surface area contributed by atoms with Gasteiger partial charge in [0.2, 0.25) is 0 Å². The molecule has 3 bridgehead atoms. The largest absolute Gasteiger partial charge is 0.384 e. The van der Waals surface area contributed by atoms with E-state index in [9.17, 15) is 10.3 Å². The van der Waals surface area contributed by atoms with E-state index in [-0.39, 0.29) is 17.4 Å². The molecule has 6 unspecified atom stereocenters. The fourth-order valence-corrected chi connectivity index (χ4v) is 9.85. The molecule has 0 radical (unpaired) electrons. The Morgan fingerprint density at radius 2 is 1.76 bits per heavy atom. The number of nitrogens with zero attached hydrogens (tertiary/aromatic N) is 3. The normalized spacial score (nSPS) is 37.0. The average Bonchev–Trinajstić information content (AvgIpc) is 3.49. The maximum Gasteiger partial charge on any atom is 0.0998 e. The van der Waals surface area contributed by atoms with Gasteiger partial charge >= 0.3 is 0 Å². The van der Waals surface area contributed by atoms with Crippen LogP contribution in [0.3, 0.4) is 0 Å². The molecule has 1 aliphatic carbocycles. The van der Waals surface area contributed by atoms with Crippen molar-refractivity contribution >= 4 is 22.7 Å². The second kappa shape index (κ2) is 10.5. The number of aliphatic hydroxyl groups is 1. The van der Waals surface area contributed by atoms with E-state index in [1.807, 2.05) is 0 Å². The highest BCUT2D eigenvalue weighted by atomic mass is 16.5. The molecule has 1 aromatic carbocycles. The van der Waals surface area contributed by atoms with E-state index in [1.54, 1.807) is 0 Å². The highest BCUT2D eigenvalue weighted by molar-refractivity contribution is 5.83. The number of hydroxylamine groups is 2. The van der Waals surface area contributed by atoms with Crippen molar-refractivity contribution in [2.75, 3.05) is 32.7 Å². The Morgan fingerprint density at radius 1 is 0.929 bits per heavy atom. The van der Waals surface area contributed by atoms with E-state index in [2.05, 4.69) is 75.5 Å². The molecule has 2 aromatic rings. The molecule has 222 valence electrons. The van der Waals surface area contributed by atoms with Gasteiger partial charge in [0.15, 0.2) is 0 Å². The van der Waals surface area contributed by atoms with Crippen molar-refractivity contribution in [1.82, 2.24) is 19.8 Å². The molecule has 1 spiro atoms. The van der Waals surface area contributed by atoms with Gasteiger partial charge in [0.1, 0.15) is 0 Å². The van der Waals surface area contributed by atoms with Crippen LogP contribution >= 0.6 is 0 Å². The summed E-state index contributed by atoms with van der Waals surface area (Å²) in [6, 6.07) is 8.91. The first-order valence-electron chi connectivity index (χ1n) is 16.6. The van der Waals surface area contributed by atoms with Crippen molar-refractivity contribution in [3.05, 3.63) is 70.8 Å². The Bertz CT molecular complexity index is 1570. The lowest BCUT2D eigenvalue weighted by Gasteiger charge is -2.58. The number of piperidine rings is 1. The lowest BCUT2D eigenvalue weighted by molar-refractivity contribution is -0.0975. The molecule has 0 amide bonds. The lowest BCUT2D eigenvalue weighted by atomic mass is 9.54. The molecule has 6 atom stereocenters. The first-order valence-corrected chi connectivity index (χ1v) is 16.6. The van der Waals surface area contributed by atoms with Gasteiger partial charge in [0.05, 0.1) is 29.2 Å². The summed E-state index contributed by atoms with van der Waals surface area (Å²) in [5.41, 5.74) is 2.09. The van der Waals surface area contributed by atoms with Crippen LogP contribution in [-0.4, -0.2) is 80.6 Å². The number of aromatic nitrogens is 1. The van der Waals surface area contributed by atoms with Gasteiger partial charge in [-0.2, -0.15) is 0 Å². The second-order valence-corrected chi connectivity index (χ2v) is 13.9. The van der Waals surface area contributed by atoms with Crippen LogP contribution in [0, 0.1) is 11.3 Å². The van der Waals surface area contributed by atoms with Gasteiger partial charge < -0.3 is 15.0 Å². The van der Waals surface area contributed by atoms with Gasteiger partial charge in [-0.1, -0.05) is 48.6 Å². The maximum absolute atomic E-state index is 13.1. The molecule has 2 saturated heterocycles. The van der Waals surface area contributed by atoms with Crippen LogP contribution in [0.5, 0.6) is 0 Å². The van der Waals surface area contributed by atoms with Gasteiger partial charge in [0, 0.05) is 34.1 Å². The van der Waals surface area contributed by atoms with E-state index in [0.717, 1.165) is 80.4 Å². The number of H-pyrrole nitrogens is 1. The van der Waals surface area contributed by atoms with Gasteiger partial charge in [-0.05, 0) is 107 Å². The predicted molar refractivity (Wildman–Crippen MR) is 168 cm³/mol. The third-order valence-corrected chi connectivity index (χ3v) is 11.4. The first kappa shape index (κ1) is 26.9. The molecular weight excluding hydrogens is 520 g/mol. The Hall–Kier alpha value is -2.64. The molecular formula is C36H46N4O2. The number of fused-ring (bicyclic) bond motifs is 5. The monoisotopic (exact) mass is 566 g/mol. The number of hydrogen-bond acceptors (Lipinski definition) is 5. The maximum atomic E-state index is 13.1. The molecule has 42 heavy (non-hydrogen) atoms. The third kappa shape index (κ3) is 4.21. The molecule has 6 heterocycles. The van der Waals surface area contributed by atoms with Crippen LogP contribution < -0.4 is 10.6 Å². The summed E-state index contributed by atoms with van der Waals surface area (Å²) in [4.78, 5) is 9.14. The van der Waals surface area contributed by atoms with E-state index < -0.39 is 5.60 Å². The predicted octanol–water partition coefficient (Wildman–Crippen LogP) is 4.44. The quantitative estimate of drug-likeness (QED) is 0.446. The Labute approximate surface area is 249 Å². The smallest absolute Gasteiger partial charge is 0.0998 e. The molecule has 1 aromatic heterocycles. The Kier molecular flexibility index (Phi) is 6.75. The highest BCUT2D eigenvalue weighted by Gasteiger charge is 2.66. The van der Waals surface area contributed by atoms with E-state index in [0.29, 0.717) is 19.0 Å². The third-order valence-electron chi connectivity index (χ3n) is 11.4. The molecule has 3 N–H and O–H groups in total. The van der Waals surface area contributed by atoms with Crippen molar-refractivity contribution < 1.29 is 10.3 Å². The van der Waals surface area contributed by atoms with Crippen LogP contribution in [-0.2, 0) is 0 Å². The molecule has 8 rings (SSSR count). The van der Waals surface area contributed by atoms with Crippen LogP contribution in [0.1, 0.15) is 64.2 Å². The van der Waals surface area contributed by atoms with Gasteiger partial charge in [-0.3, -0.25) is 15.2 Å². The minimum atomic E-state index is -0.976. The standard InChI is InChI=1S/C36H46N4O2/c41-36-18-10-4-1-2-5-11-19-38-21-17-30(35(25-38)23-26-13-7-3-6-12-20-39(26)34(35)36)29(24-36)33-32-28(16-22-40(33)42)27-14-8-9-15-31(27)37-32/h1,4,7-9,13-16,24,26,30,34,37,41-42H,2-3,5-6,10-12,17-23,25H2. The SMILES string of the molecule is ON1CC=c2c([nH]c3ccccc23)=C1C1=CC2(O)CCC=CCCCCN3CCC1C1(CC4C=CCCCCN4C21)C3. The zero-order valence-corrected chi connectivity index (χ0v) is 24.8. The molecule has 0 saturated carbocycles. The van der Waals surface area contributed by atoms with Crippen molar-refractivity contribution in [3.63, 3.8) is 0 Å². The number of aromatic amines is 1. The Morgan fingerprint density at radius 3 is 2.69 bits per heavy atom. The highest BCUT2D eigenvalue weighted by Crippen LogP contribution is 2.61. The summed E-state index contributed by atoms with van der Waals surface area (Å²) in [6.45, 7) is 4.75. The zero-order chi connectivity index (χ0) is 28.3. The number of nitrogens with one attached hydrogen (secondary N) is 1. The van der Waals surface area contributed by atoms with Crippen LogP contribution in [0.25, 0.3) is 22.7 Å².